The zero-order chi connectivity index (χ0) is 18.0. The molecule has 25 heavy (non-hydrogen) atoms. The van der Waals surface area contributed by atoms with Crippen LogP contribution in [-0.2, 0) is 6.42 Å². The molecule has 0 saturated heterocycles. The van der Waals surface area contributed by atoms with Gasteiger partial charge in [0, 0.05) is 23.8 Å². The number of ether oxygens (including phenoxy) is 1. The molecular formula is C21H26N2O2. The molecule has 0 aromatic heterocycles. The molecule has 2 aromatic rings. The molecule has 3 rings (SSSR count). The molecule has 4 heteroatoms. The van der Waals surface area contributed by atoms with E-state index >= 15 is 0 Å². The molecule has 1 aliphatic heterocycles. The van der Waals surface area contributed by atoms with Crippen LogP contribution in [-0.4, -0.2) is 31.1 Å². The van der Waals surface area contributed by atoms with Gasteiger partial charge < -0.3 is 14.8 Å². The zero-order valence-electron chi connectivity index (χ0n) is 15.4. The van der Waals surface area contributed by atoms with E-state index in [1.54, 1.807) is 7.11 Å². The van der Waals surface area contributed by atoms with Crippen molar-refractivity contribution in [1.29, 1.82) is 0 Å². The Bertz CT molecular complexity index is 797. The van der Waals surface area contributed by atoms with Crippen LogP contribution in [0.3, 0.4) is 0 Å². The lowest BCUT2D eigenvalue weighted by Crippen LogP contribution is -2.35. The van der Waals surface area contributed by atoms with E-state index in [2.05, 4.69) is 43.0 Å². The van der Waals surface area contributed by atoms with Crippen LogP contribution in [0.4, 0.5) is 5.69 Å². The summed E-state index contributed by atoms with van der Waals surface area (Å²) in [4.78, 5) is 2.49. The molecule has 1 aliphatic rings. The number of anilines is 1. The van der Waals surface area contributed by atoms with Gasteiger partial charge in [0.1, 0.15) is 5.75 Å². The topological polar surface area (TPSA) is 45.1 Å². The van der Waals surface area contributed by atoms with E-state index in [0.29, 0.717) is 6.04 Å². The minimum atomic E-state index is 0.503. The largest absolute Gasteiger partial charge is 0.496 e. The van der Waals surface area contributed by atoms with Crippen molar-refractivity contribution in [1.82, 2.24) is 0 Å². The second-order valence-corrected chi connectivity index (χ2v) is 6.89. The molecule has 0 saturated carbocycles. The van der Waals surface area contributed by atoms with Gasteiger partial charge in [-0.15, -0.1) is 0 Å². The lowest BCUT2D eigenvalue weighted by Gasteiger charge is -2.35. The summed E-state index contributed by atoms with van der Waals surface area (Å²) < 4.78 is 5.57. The molecule has 0 unspecified atom stereocenters. The predicted molar refractivity (Wildman–Crippen MR) is 103 cm³/mol. The number of hydrogen-bond acceptors (Lipinski definition) is 4. The average molecular weight is 338 g/mol. The van der Waals surface area contributed by atoms with Crippen LogP contribution in [0.2, 0.25) is 0 Å². The van der Waals surface area contributed by atoms with Gasteiger partial charge >= 0.3 is 0 Å². The molecule has 0 bridgehead atoms. The molecular weight excluding hydrogens is 312 g/mol. The van der Waals surface area contributed by atoms with Crippen LogP contribution in [0.5, 0.6) is 5.75 Å². The highest BCUT2D eigenvalue weighted by Crippen LogP contribution is 2.38. The quantitative estimate of drug-likeness (QED) is 0.502. The van der Waals surface area contributed by atoms with Crippen LogP contribution in [0.15, 0.2) is 35.5 Å². The molecule has 0 atom stereocenters. The number of benzene rings is 2. The smallest absolute Gasteiger partial charge is 0.126 e. The lowest BCUT2D eigenvalue weighted by atomic mass is 9.91. The number of hydrogen-bond donors (Lipinski definition) is 1. The molecule has 0 amide bonds. The van der Waals surface area contributed by atoms with Gasteiger partial charge in [0.05, 0.1) is 13.3 Å². The summed E-state index contributed by atoms with van der Waals surface area (Å²) in [7, 11) is 1.69. The molecule has 0 aliphatic carbocycles. The Kier molecular flexibility index (Phi) is 4.98. The first kappa shape index (κ1) is 17.3. The third-order valence-corrected chi connectivity index (χ3v) is 4.92. The number of methoxy groups -OCH3 is 1. The van der Waals surface area contributed by atoms with Crippen molar-refractivity contribution in [2.24, 2.45) is 5.16 Å². The van der Waals surface area contributed by atoms with E-state index in [-0.39, 0.29) is 0 Å². The Morgan fingerprint density at radius 3 is 2.68 bits per heavy atom. The minimum absolute atomic E-state index is 0.503. The van der Waals surface area contributed by atoms with Crippen LogP contribution < -0.4 is 9.64 Å². The van der Waals surface area contributed by atoms with Crippen molar-refractivity contribution < 1.29 is 9.94 Å². The van der Waals surface area contributed by atoms with E-state index in [4.69, 9.17) is 9.94 Å². The van der Waals surface area contributed by atoms with E-state index < -0.39 is 0 Å². The molecule has 132 valence electrons. The van der Waals surface area contributed by atoms with Gasteiger partial charge in [-0.1, -0.05) is 5.16 Å². The van der Waals surface area contributed by atoms with Crippen molar-refractivity contribution in [2.75, 3.05) is 18.6 Å². The van der Waals surface area contributed by atoms with E-state index in [1.807, 2.05) is 18.2 Å². The van der Waals surface area contributed by atoms with Crippen molar-refractivity contribution in [3.63, 3.8) is 0 Å². The molecule has 2 aromatic carbocycles. The first-order valence-corrected chi connectivity index (χ1v) is 8.81. The molecule has 0 fully saturated rings. The summed E-state index contributed by atoms with van der Waals surface area (Å²) in [6.45, 7) is 7.77. The SMILES string of the molecule is COc1ccc(/C=N/O)cc1-c1cc2c(cc1C)N(C(C)C)CCC2. The highest BCUT2D eigenvalue weighted by molar-refractivity contribution is 5.85. The summed E-state index contributed by atoms with van der Waals surface area (Å²) in [5.41, 5.74) is 7.02. The highest BCUT2D eigenvalue weighted by atomic mass is 16.5. The van der Waals surface area contributed by atoms with Gasteiger partial charge in [-0.25, -0.2) is 0 Å². The van der Waals surface area contributed by atoms with E-state index in [9.17, 15) is 0 Å². The Hall–Kier alpha value is -2.49. The fraction of sp³-hybridized carbons (Fsp3) is 0.381. The second kappa shape index (κ2) is 7.18. The Morgan fingerprint density at radius 1 is 1.20 bits per heavy atom. The van der Waals surface area contributed by atoms with Crippen LogP contribution in [0.1, 0.15) is 37.0 Å². The van der Waals surface area contributed by atoms with Crippen LogP contribution in [0, 0.1) is 6.92 Å². The Balaban J connectivity index is 2.14. The maximum atomic E-state index is 8.83. The maximum absolute atomic E-state index is 8.83. The number of nitrogens with zero attached hydrogens (tertiary/aromatic N) is 2. The molecule has 1 heterocycles. The summed E-state index contributed by atoms with van der Waals surface area (Å²) >= 11 is 0. The van der Waals surface area contributed by atoms with Gasteiger partial charge in [0.15, 0.2) is 0 Å². The predicted octanol–water partition coefficient (Wildman–Crippen LogP) is 4.64. The molecule has 0 radical (unpaired) electrons. The lowest BCUT2D eigenvalue weighted by molar-refractivity contribution is 0.322. The fourth-order valence-corrected chi connectivity index (χ4v) is 3.68. The van der Waals surface area contributed by atoms with Gasteiger partial charge in [-0.2, -0.15) is 0 Å². The fourth-order valence-electron chi connectivity index (χ4n) is 3.68. The number of aryl methyl sites for hydroxylation is 2. The maximum Gasteiger partial charge on any atom is 0.126 e. The first-order valence-electron chi connectivity index (χ1n) is 8.81. The number of fused-ring (bicyclic) bond motifs is 1. The van der Waals surface area contributed by atoms with Gasteiger partial charge in [0.25, 0.3) is 0 Å². The summed E-state index contributed by atoms with van der Waals surface area (Å²) in [5, 5.41) is 12.0. The number of oxime groups is 1. The summed E-state index contributed by atoms with van der Waals surface area (Å²) in [6, 6.07) is 10.9. The third-order valence-electron chi connectivity index (χ3n) is 4.92. The number of rotatable bonds is 4. The van der Waals surface area contributed by atoms with Crippen LogP contribution >= 0.6 is 0 Å². The highest BCUT2D eigenvalue weighted by Gasteiger charge is 2.21. The van der Waals surface area contributed by atoms with E-state index in [0.717, 1.165) is 29.8 Å². The third kappa shape index (κ3) is 3.34. The standard InChI is InChI=1S/C21H26N2O2/c1-14(2)23-9-5-6-17-12-18(15(3)10-20(17)23)19-11-16(13-22-24)7-8-21(19)25-4/h7-8,10-14,24H,5-6,9H2,1-4H3/b22-13+. The van der Waals surface area contributed by atoms with Crippen molar-refractivity contribution in [3.05, 3.63) is 47.0 Å². The summed E-state index contributed by atoms with van der Waals surface area (Å²) in [5.74, 6) is 0.828. The molecule has 0 spiro atoms. The second-order valence-electron chi connectivity index (χ2n) is 6.89. The van der Waals surface area contributed by atoms with Gasteiger partial charge in [-0.05, 0) is 86.2 Å². The van der Waals surface area contributed by atoms with Crippen molar-refractivity contribution in [2.45, 2.75) is 39.7 Å². The van der Waals surface area contributed by atoms with Gasteiger partial charge in [0.2, 0.25) is 0 Å². The molecule has 4 nitrogen and oxygen atoms in total. The Labute approximate surface area is 149 Å². The molecule has 1 N–H and O–H groups in total. The average Bonchev–Trinajstić information content (AvgIpc) is 2.60. The Morgan fingerprint density at radius 2 is 2.00 bits per heavy atom. The summed E-state index contributed by atoms with van der Waals surface area (Å²) in [6.07, 6.45) is 3.73. The van der Waals surface area contributed by atoms with Crippen LogP contribution in [0.25, 0.3) is 11.1 Å². The van der Waals surface area contributed by atoms with Gasteiger partial charge in [-0.3, -0.25) is 0 Å². The normalized spacial score (nSPS) is 14.2. The monoisotopic (exact) mass is 338 g/mol. The zero-order valence-corrected chi connectivity index (χ0v) is 15.4. The van der Waals surface area contributed by atoms with Crippen molar-refractivity contribution >= 4 is 11.9 Å². The first-order chi connectivity index (χ1) is 12.0. The minimum Gasteiger partial charge on any atom is -0.496 e. The van der Waals surface area contributed by atoms with E-state index in [1.165, 1.54) is 35.0 Å². The van der Waals surface area contributed by atoms with Crippen molar-refractivity contribution in [3.8, 4) is 16.9 Å².